The van der Waals surface area contributed by atoms with Crippen LogP contribution >= 0.6 is 0 Å². The number of hydrogen-bond donors (Lipinski definition) is 0. The lowest BCUT2D eigenvalue weighted by Gasteiger charge is -2.08. The third-order valence-corrected chi connectivity index (χ3v) is 3.06. The molecule has 0 N–H and O–H groups in total. The monoisotopic (exact) mass is 234 g/mol. The second-order valence-electron chi connectivity index (χ2n) is 4.46. The van der Waals surface area contributed by atoms with E-state index < -0.39 is 0 Å². The number of rotatable bonds is 6. The van der Waals surface area contributed by atoms with E-state index in [0.29, 0.717) is 13.0 Å². The fourth-order valence-corrected chi connectivity index (χ4v) is 1.75. The average Bonchev–Trinajstić information content (AvgIpc) is 2.31. The molecule has 17 heavy (non-hydrogen) atoms. The van der Waals surface area contributed by atoms with E-state index in [2.05, 4.69) is 26.8 Å². The second-order valence-corrected chi connectivity index (χ2v) is 4.46. The molecule has 0 atom stereocenters. The van der Waals surface area contributed by atoms with Crippen molar-refractivity contribution < 1.29 is 9.53 Å². The van der Waals surface area contributed by atoms with Crippen LogP contribution in [0.5, 0.6) is 0 Å². The van der Waals surface area contributed by atoms with Crippen LogP contribution < -0.4 is 0 Å². The molecule has 1 rings (SSSR count). The maximum Gasteiger partial charge on any atom is 0.310 e. The van der Waals surface area contributed by atoms with Gasteiger partial charge in [0.25, 0.3) is 0 Å². The maximum atomic E-state index is 11.6. The number of aryl methyl sites for hydroxylation is 1. The van der Waals surface area contributed by atoms with Crippen molar-refractivity contribution in [3.05, 3.63) is 34.9 Å². The topological polar surface area (TPSA) is 26.3 Å². The van der Waals surface area contributed by atoms with Crippen molar-refractivity contribution in [1.29, 1.82) is 0 Å². The summed E-state index contributed by atoms with van der Waals surface area (Å²) in [6, 6.07) is 6.04. The van der Waals surface area contributed by atoms with Gasteiger partial charge in [0.1, 0.15) is 0 Å². The molecule has 0 aliphatic rings. The number of benzene rings is 1. The minimum Gasteiger partial charge on any atom is -0.465 e. The molecule has 0 unspecified atom stereocenters. The summed E-state index contributed by atoms with van der Waals surface area (Å²) in [5.74, 6) is -0.116. The number of carbonyl (C=O) groups excluding carboxylic acids is 1. The van der Waals surface area contributed by atoms with Crippen LogP contribution in [0.3, 0.4) is 0 Å². The van der Waals surface area contributed by atoms with E-state index in [1.807, 2.05) is 12.1 Å². The molecule has 0 radical (unpaired) electrons. The predicted octanol–water partition coefficient (Wildman–Crippen LogP) is 3.58. The van der Waals surface area contributed by atoms with Crippen molar-refractivity contribution in [3.63, 3.8) is 0 Å². The first-order chi connectivity index (χ1) is 8.15. The lowest BCUT2D eigenvalue weighted by molar-refractivity contribution is -0.142. The molecule has 0 saturated carbocycles. The van der Waals surface area contributed by atoms with E-state index in [1.54, 1.807) is 0 Å². The number of esters is 1. The van der Waals surface area contributed by atoms with Crippen LogP contribution in [-0.4, -0.2) is 12.6 Å². The van der Waals surface area contributed by atoms with Gasteiger partial charge in [0, 0.05) is 0 Å². The van der Waals surface area contributed by atoms with Gasteiger partial charge in [0.2, 0.25) is 0 Å². The summed E-state index contributed by atoms with van der Waals surface area (Å²) >= 11 is 0. The summed E-state index contributed by atoms with van der Waals surface area (Å²) in [6.07, 6.45) is 3.62. The zero-order valence-corrected chi connectivity index (χ0v) is 11.1. The molecule has 0 bridgehead atoms. The van der Waals surface area contributed by atoms with Crippen LogP contribution in [0.25, 0.3) is 0 Å². The van der Waals surface area contributed by atoms with Crippen LogP contribution in [0.15, 0.2) is 18.2 Å². The molecule has 2 nitrogen and oxygen atoms in total. The van der Waals surface area contributed by atoms with E-state index >= 15 is 0 Å². The molecular weight excluding hydrogens is 212 g/mol. The molecular formula is C15H22O2. The van der Waals surface area contributed by atoms with Gasteiger partial charge in [0.05, 0.1) is 13.0 Å². The van der Waals surface area contributed by atoms with Crippen LogP contribution in [0.2, 0.25) is 0 Å². The molecule has 0 aliphatic heterocycles. The summed E-state index contributed by atoms with van der Waals surface area (Å²) in [4.78, 5) is 11.6. The van der Waals surface area contributed by atoms with Gasteiger partial charge >= 0.3 is 5.97 Å². The molecule has 0 saturated heterocycles. The highest BCUT2D eigenvalue weighted by Gasteiger charge is 2.07. The third kappa shape index (κ3) is 4.59. The number of unbranched alkanes of at least 4 members (excludes halogenated alkanes) is 2. The van der Waals surface area contributed by atoms with Gasteiger partial charge in [-0.05, 0) is 37.0 Å². The summed E-state index contributed by atoms with van der Waals surface area (Å²) < 4.78 is 5.20. The van der Waals surface area contributed by atoms with Crippen molar-refractivity contribution in [2.45, 2.75) is 46.5 Å². The molecule has 1 aromatic rings. The largest absolute Gasteiger partial charge is 0.465 e. The normalized spacial score (nSPS) is 10.3. The lowest BCUT2D eigenvalue weighted by atomic mass is 10.0. The summed E-state index contributed by atoms with van der Waals surface area (Å²) in [5.41, 5.74) is 3.49. The quantitative estimate of drug-likeness (QED) is 0.555. The number of ether oxygens (including phenoxy) is 1. The van der Waals surface area contributed by atoms with Gasteiger partial charge in [-0.25, -0.2) is 0 Å². The standard InChI is InChI=1S/C15H22O2/c1-4-5-6-10-17-15(16)11-14-9-7-8-12(2)13(14)3/h7-9H,4-6,10-11H2,1-3H3. The summed E-state index contributed by atoms with van der Waals surface area (Å²) in [7, 11) is 0. The molecule has 1 aromatic carbocycles. The van der Waals surface area contributed by atoms with Crippen molar-refractivity contribution in [3.8, 4) is 0 Å². The highest BCUT2D eigenvalue weighted by atomic mass is 16.5. The second kappa shape index (κ2) is 7.10. The van der Waals surface area contributed by atoms with Gasteiger partial charge in [-0.1, -0.05) is 38.0 Å². The molecule has 0 fully saturated rings. The molecule has 0 spiro atoms. The molecule has 0 heterocycles. The Morgan fingerprint density at radius 3 is 2.71 bits per heavy atom. The van der Waals surface area contributed by atoms with Crippen molar-refractivity contribution in [1.82, 2.24) is 0 Å². The van der Waals surface area contributed by atoms with Crippen molar-refractivity contribution in [2.75, 3.05) is 6.61 Å². The Hall–Kier alpha value is -1.31. The summed E-state index contributed by atoms with van der Waals surface area (Å²) in [6.45, 7) is 6.80. The maximum absolute atomic E-state index is 11.6. The average molecular weight is 234 g/mol. The predicted molar refractivity (Wildman–Crippen MR) is 70.1 cm³/mol. The van der Waals surface area contributed by atoms with E-state index in [4.69, 9.17) is 4.74 Å². The SMILES string of the molecule is CCCCCOC(=O)Cc1cccc(C)c1C. The Labute approximate surface area is 104 Å². The first-order valence-electron chi connectivity index (χ1n) is 6.36. The van der Waals surface area contributed by atoms with Crippen LogP contribution in [-0.2, 0) is 16.0 Å². The summed E-state index contributed by atoms with van der Waals surface area (Å²) in [5, 5.41) is 0. The van der Waals surface area contributed by atoms with Gasteiger partial charge in [-0.15, -0.1) is 0 Å². The smallest absolute Gasteiger partial charge is 0.310 e. The number of hydrogen-bond acceptors (Lipinski definition) is 2. The fourth-order valence-electron chi connectivity index (χ4n) is 1.75. The lowest BCUT2D eigenvalue weighted by Crippen LogP contribution is -2.10. The zero-order chi connectivity index (χ0) is 12.7. The van der Waals surface area contributed by atoms with E-state index in [1.165, 1.54) is 11.1 Å². The Morgan fingerprint density at radius 1 is 1.24 bits per heavy atom. The molecule has 0 aliphatic carbocycles. The third-order valence-electron chi connectivity index (χ3n) is 3.06. The molecule has 0 amide bonds. The molecule has 2 heteroatoms. The van der Waals surface area contributed by atoms with E-state index in [-0.39, 0.29) is 5.97 Å². The van der Waals surface area contributed by atoms with Gasteiger partial charge < -0.3 is 4.74 Å². The van der Waals surface area contributed by atoms with Gasteiger partial charge in [-0.3, -0.25) is 4.79 Å². The number of carbonyl (C=O) groups is 1. The fraction of sp³-hybridized carbons (Fsp3) is 0.533. The highest BCUT2D eigenvalue weighted by Crippen LogP contribution is 2.13. The first-order valence-corrected chi connectivity index (χ1v) is 6.36. The zero-order valence-electron chi connectivity index (χ0n) is 11.1. The van der Waals surface area contributed by atoms with Crippen LogP contribution in [0.4, 0.5) is 0 Å². The van der Waals surface area contributed by atoms with E-state index in [9.17, 15) is 4.79 Å². The Balaban J connectivity index is 2.43. The molecule has 94 valence electrons. The minimum absolute atomic E-state index is 0.116. The van der Waals surface area contributed by atoms with Gasteiger partial charge in [-0.2, -0.15) is 0 Å². The minimum atomic E-state index is -0.116. The van der Waals surface area contributed by atoms with Crippen molar-refractivity contribution >= 4 is 5.97 Å². The Kier molecular flexibility index (Phi) is 5.75. The van der Waals surface area contributed by atoms with E-state index in [0.717, 1.165) is 24.8 Å². The molecule has 0 aromatic heterocycles. The van der Waals surface area contributed by atoms with Crippen LogP contribution in [0.1, 0.15) is 42.9 Å². The Morgan fingerprint density at radius 2 is 2.00 bits per heavy atom. The van der Waals surface area contributed by atoms with Crippen molar-refractivity contribution in [2.24, 2.45) is 0 Å². The highest BCUT2D eigenvalue weighted by molar-refractivity contribution is 5.73. The first kappa shape index (κ1) is 13.8. The Bertz CT molecular complexity index is 369. The van der Waals surface area contributed by atoms with Gasteiger partial charge in [0.15, 0.2) is 0 Å². The van der Waals surface area contributed by atoms with Crippen LogP contribution in [0, 0.1) is 13.8 Å².